The average Bonchev–Trinajstić information content (AvgIpc) is 3.09. The summed E-state index contributed by atoms with van der Waals surface area (Å²) in [5.74, 6) is 0.393. The molecule has 2 aromatic heterocycles. The van der Waals surface area contributed by atoms with Gasteiger partial charge in [-0.3, -0.25) is 0 Å². The average molecular weight is 350 g/mol. The summed E-state index contributed by atoms with van der Waals surface area (Å²) in [6, 6.07) is 7.01. The molecule has 0 amide bonds. The lowest BCUT2D eigenvalue weighted by Crippen LogP contribution is -2.16. The lowest BCUT2D eigenvalue weighted by molar-refractivity contribution is -0.141. The minimum absolute atomic E-state index is 0.0940. The fourth-order valence-electron chi connectivity index (χ4n) is 1.95. The van der Waals surface area contributed by atoms with Crippen LogP contribution in [-0.2, 0) is 6.18 Å². The third-order valence-corrected chi connectivity index (χ3v) is 3.17. The number of nitrogens with zero attached hydrogens (tertiary/aromatic N) is 6. The Morgan fingerprint density at radius 1 is 1.08 bits per heavy atom. The summed E-state index contributed by atoms with van der Waals surface area (Å²) in [4.78, 5) is 12.7. The van der Waals surface area contributed by atoms with Gasteiger partial charge in [0.2, 0.25) is 0 Å². The molecule has 0 spiro atoms. The fraction of sp³-hybridized carbons (Fsp3) is 0.200. The van der Waals surface area contributed by atoms with Crippen LogP contribution in [0.15, 0.2) is 43.0 Å². The van der Waals surface area contributed by atoms with Crippen molar-refractivity contribution in [1.82, 2.24) is 24.7 Å². The van der Waals surface area contributed by atoms with Crippen molar-refractivity contribution in [3.8, 4) is 17.4 Å². The molecule has 3 aromatic rings. The minimum atomic E-state index is -4.59. The van der Waals surface area contributed by atoms with Crippen LogP contribution in [0.1, 0.15) is 5.69 Å². The molecule has 2 heterocycles. The van der Waals surface area contributed by atoms with Crippen molar-refractivity contribution >= 4 is 5.82 Å². The predicted molar refractivity (Wildman–Crippen MR) is 82.8 cm³/mol. The van der Waals surface area contributed by atoms with Gasteiger partial charge in [0, 0.05) is 20.2 Å². The summed E-state index contributed by atoms with van der Waals surface area (Å²) < 4.78 is 45.9. The molecule has 0 bridgehead atoms. The van der Waals surface area contributed by atoms with E-state index in [9.17, 15) is 13.2 Å². The zero-order valence-corrected chi connectivity index (χ0v) is 13.3. The van der Waals surface area contributed by atoms with Gasteiger partial charge in [0.1, 0.15) is 24.2 Å². The Kier molecular flexibility index (Phi) is 4.26. The van der Waals surface area contributed by atoms with E-state index in [1.54, 1.807) is 38.4 Å². The Morgan fingerprint density at radius 2 is 1.80 bits per heavy atom. The number of halogens is 3. The summed E-state index contributed by atoms with van der Waals surface area (Å²) in [7, 11) is 3.17. The monoisotopic (exact) mass is 350 g/mol. The van der Waals surface area contributed by atoms with Crippen LogP contribution < -0.4 is 9.64 Å². The van der Waals surface area contributed by atoms with Gasteiger partial charge in [-0.2, -0.15) is 28.2 Å². The standard InChI is InChI=1S/C15H13F3N6O/c1-23(2)13-7-12(15(16,17)18)21-14(22-13)25-11-5-3-10(4-6-11)24-9-19-8-20-24/h3-9H,1-2H3. The van der Waals surface area contributed by atoms with Gasteiger partial charge in [0.25, 0.3) is 0 Å². The third kappa shape index (κ3) is 3.84. The van der Waals surface area contributed by atoms with Crippen LogP contribution in [0.4, 0.5) is 19.0 Å². The molecule has 0 N–H and O–H groups in total. The highest BCUT2D eigenvalue weighted by Gasteiger charge is 2.34. The lowest BCUT2D eigenvalue weighted by atomic mass is 10.3. The number of hydrogen-bond acceptors (Lipinski definition) is 6. The molecule has 130 valence electrons. The molecule has 1 aromatic carbocycles. The number of rotatable bonds is 4. The molecule has 7 nitrogen and oxygen atoms in total. The second-order valence-corrected chi connectivity index (χ2v) is 5.22. The van der Waals surface area contributed by atoms with Crippen LogP contribution in [0, 0.1) is 0 Å². The van der Waals surface area contributed by atoms with Crippen molar-refractivity contribution in [3.05, 3.63) is 48.7 Å². The van der Waals surface area contributed by atoms with Crippen molar-refractivity contribution in [2.24, 2.45) is 0 Å². The molecule has 0 unspecified atom stereocenters. The second-order valence-electron chi connectivity index (χ2n) is 5.22. The third-order valence-electron chi connectivity index (χ3n) is 3.17. The van der Waals surface area contributed by atoms with Crippen molar-refractivity contribution in [3.63, 3.8) is 0 Å². The summed E-state index contributed by atoms with van der Waals surface area (Å²) in [6.07, 6.45) is -1.68. The Morgan fingerprint density at radius 3 is 2.36 bits per heavy atom. The first-order chi connectivity index (χ1) is 11.8. The Hall–Kier alpha value is -3.17. The Bertz CT molecular complexity index is 847. The quantitative estimate of drug-likeness (QED) is 0.721. The van der Waals surface area contributed by atoms with E-state index < -0.39 is 11.9 Å². The molecule has 0 aliphatic heterocycles. The lowest BCUT2D eigenvalue weighted by Gasteiger charge is -2.15. The molecule has 0 fully saturated rings. The maximum atomic E-state index is 13.0. The summed E-state index contributed by atoms with van der Waals surface area (Å²) in [5, 5.41) is 3.98. The van der Waals surface area contributed by atoms with Crippen molar-refractivity contribution in [1.29, 1.82) is 0 Å². The van der Waals surface area contributed by atoms with E-state index >= 15 is 0 Å². The van der Waals surface area contributed by atoms with Gasteiger partial charge in [0.15, 0.2) is 5.69 Å². The van der Waals surface area contributed by atoms with Crippen LogP contribution in [0.3, 0.4) is 0 Å². The minimum Gasteiger partial charge on any atom is -0.424 e. The fourth-order valence-corrected chi connectivity index (χ4v) is 1.95. The van der Waals surface area contributed by atoms with Crippen molar-refractivity contribution < 1.29 is 17.9 Å². The van der Waals surface area contributed by atoms with E-state index in [1.165, 1.54) is 22.2 Å². The van der Waals surface area contributed by atoms with Crippen LogP contribution in [-0.4, -0.2) is 38.8 Å². The summed E-state index contributed by atoms with van der Waals surface area (Å²) >= 11 is 0. The van der Waals surface area contributed by atoms with Gasteiger partial charge in [0.05, 0.1) is 5.69 Å². The summed E-state index contributed by atoms with van der Waals surface area (Å²) in [5.41, 5.74) is -0.343. The van der Waals surface area contributed by atoms with Gasteiger partial charge >= 0.3 is 12.2 Å². The zero-order chi connectivity index (χ0) is 18.0. The number of alkyl halides is 3. The first-order valence-corrected chi connectivity index (χ1v) is 7.09. The van der Waals surface area contributed by atoms with E-state index in [0.717, 1.165) is 11.8 Å². The molecule has 10 heteroatoms. The highest BCUT2D eigenvalue weighted by atomic mass is 19.4. The molecule has 0 saturated heterocycles. The van der Waals surface area contributed by atoms with Crippen LogP contribution in [0.25, 0.3) is 5.69 Å². The molecule has 0 aliphatic carbocycles. The SMILES string of the molecule is CN(C)c1cc(C(F)(F)F)nc(Oc2ccc(-n3cncn3)cc2)n1. The molecule has 0 aliphatic rings. The van der Waals surface area contributed by atoms with Gasteiger partial charge in [-0.25, -0.2) is 9.67 Å². The van der Waals surface area contributed by atoms with E-state index in [0.29, 0.717) is 5.75 Å². The molecule has 0 saturated carbocycles. The van der Waals surface area contributed by atoms with Crippen LogP contribution >= 0.6 is 0 Å². The Labute approximate surface area is 140 Å². The largest absolute Gasteiger partial charge is 0.433 e. The first kappa shape index (κ1) is 16.7. The molecule has 25 heavy (non-hydrogen) atoms. The van der Waals surface area contributed by atoms with E-state index in [1.807, 2.05) is 0 Å². The number of ether oxygens (including phenoxy) is 1. The Balaban J connectivity index is 1.88. The maximum absolute atomic E-state index is 13.0. The molecular formula is C15H13F3N6O. The van der Waals surface area contributed by atoms with Gasteiger partial charge in [-0.05, 0) is 24.3 Å². The van der Waals surface area contributed by atoms with Crippen molar-refractivity contribution in [2.45, 2.75) is 6.18 Å². The van der Waals surface area contributed by atoms with Gasteiger partial charge in [-0.1, -0.05) is 0 Å². The molecule has 3 rings (SSSR count). The molecule has 0 atom stereocenters. The van der Waals surface area contributed by atoms with Gasteiger partial charge < -0.3 is 9.64 Å². The highest BCUT2D eigenvalue weighted by molar-refractivity contribution is 5.41. The normalized spacial score (nSPS) is 11.4. The van der Waals surface area contributed by atoms with Crippen LogP contribution in [0.2, 0.25) is 0 Å². The number of anilines is 1. The highest BCUT2D eigenvalue weighted by Crippen LogP contribution is 2.31. The second kappa shape index (κ2) is 6.38. The maximum Gasteiger partial charge on any atom is 0.433 e. The molecular weight excluding hydrogens is 337 g/mol. The first-order valence-electron chi connectivity index (χ1n) is 7.09. The van der Waals surface area contributed by atoms with E-state index in [2.05, 4.69) is 20.1 Å². The van der Waals surface area contributed by atoms with Crippen LogP contribution in [0.5, 0.6) is 11.8 Å². The molecule has 0 radical (unpaired) electrons. The van der Waals surface area contributed by atoms with Crippen molar-refractivity contribution in [2.75, 3.05) is 19.0 Å². The van der Waals surface area contributed by atoms with E-state index in [4.69, 9.17) is 4.74 Å². The topological polar surface area (TPSA) is 69.0 Å². The summed E-state index contributed by atoms with van der Waals surface area (Å²) in [6.45, 7) is 0. The smallest absolute Gasteiger partial charge is 0.424 e. The number of aromatic nitrogens is 5. The predicted octanol–water partition coefficient (Wildman–Crippen LogP) is 2.93. The number of hydrogen-bond donors (Lipinski definition) is 0. The van der Waals surface area contributed by atoms with E-state index in [-0.39, 0.29) is 11.8 Å². The number of benzene rings is 1. The van der Waals surface area contributed by atoms with Gasteiger partial charge in [-0.15, -0.1) is 0 Å². The zero-order valence-electron chi connectivity index (χ0n) is 13.3.